The number of ether oxygens (including phenoxy) is 2. The molecule has 0 radical (unpaired) electrons. The second-order valence-electron chi connectivity index (χ2n) is 6.73. The highest BCUT2D eigenvalue weighted by atomic mass is 16.5. The van der Waals surface area contributed by atoms with E-state index in [4.69, 9.17) is 9.47 Å². The Morgan fingerprint density at radius 2 is 2.05 bits per heavy atom. The van der Waals surface area contributed by atoms with Gasteiger partial charge < -0.3 is 14.8 Å². The SMILES string of the molecule is CCCCCCNC1CC(C)(C)Oc2cccc(OCC)c21. The highest BCUT2D eigenvalue weighted by Gasteiger charge is 2.35. The van der Waals surface area contributed by atoms with Gasteiger partial charge in [0.2, 0.25) is 0 Å². The first kappa shape index (κ1) is 17.1. The molecule has 1 aromatic carbocycles. The summed E-state index contributed by atoms with van der Waals surface area (Å²) in [4.78, 5) is 0. The molecule has 1 aromatic rings. The predicted molar refractivity (Wildman–Crippen MR) is 91.8 cm³/mol. The fraction of sp³-hybridized carbons (Fsp3) is 0.684. The van der Waals surface area contributed by atoms with Crippen LogP contribution in [-0.2, 0) is 0 Å². The molecule has 0 aliphatic carbocycles. The molecule has 1 aliphatic heterocycles. The normalized spacial score (nSPS) is 19.4. The van der Waals surface area contributed by atoms with E-state index in [0.29, 0.717) is 12.6 Å². The van der Waals surface area contributed by atoms with Crippen LogP contribution in [0, 0.1) is 0 Å². The van der Waals surface area contributed by atoms with Crippen molar-refractivity contribution in [2.75, 3.05) is 13.2 Å². The number of benzene rings is 1. The molecule has 22 heavy (non-hydrogen) atoms. The Labute approximate surface area is 135 Å². The van der Waals surface area contributed by atoms with Gasteiger partial charge in [0.05, 0.1) is 12.2 Å². The average Bonchev–Trinajstić information content (AvgIpc) is 2.46. The lowest BCUT2D eigenvalue weighted by molar-refractivity contribution is 0.0645. The molecule has 2 rings (SSSR count). The lowest BCUT2D eigenvalue weighted by Gasteiger charge is -2.38. The van der Waals surface area contributed by atoms with E-state index >= 15 is 0 Å². The average molecular weight is 305 g/mol. The zero-order chi connectivity index (χ0) is 16.0. The lowest BCUT2D eigenvalue weighted by atomic mass is 9.89. The van der Waals surface area contributed by atoms with Gasteiger partial charge in [-0.3, -0.25) is 0 Å². The molecular formula is C19H31NO2. The van der Waals surface area contributed by atoms with Gasteiger partial charge in [0, 0.05) is 12.5 Å². The summed E-state index contributed by atoms with van der Waals surface area (Å²) in [7, 11) is 0. The van der Waals surface area contributed by atoms with Crippen LogP contribution in [0.4, 0.5) is 0 Å². The predicted octanol–water partition coefficient (Wildman–Crippen LogP) is 4.86. The third-order valence-electron chi connectivity index (χ3n) is 4.18. The highest BCUT2D eigenvalue weighted by Crippen LogP contribution is 2.44. The second-order valence-corrected chi connectivity index (χ2v) is 6.73. The van der Waals surface area contributed by atoms with Crippen molar-refractivity contribution in [2.24, 2.45) is 0 Å². The van der Waals surface area contributed by atoms with Crippen LogP contribution in [0.3, 0.4) is 0 Å². The molecule has 0 saturated heterocycles. The largest absolute Gasteiger partial charge is 0.493 e. The van der Waals surface area contributed by atoms with Crippen LogP contribution in [0.15, 0.2) is 18.2 Å². The quantitative estimate of drug-likeness (QED) is 0.696. The Balaban J connectivity index is 2.12. The van der Waals surface area contributed by atoms with E-state index in [1.54, 1.807) is 0 Å². The molecule has 0 fully saturated rings. The minimum absolute atomic E-state index is 0.140. The fourth-order valence-corrected chi connectivity index (χ4v) is 3.17. The molecule has 1 unspecified atom stereocenters. The smallest absolute Gasteiger partial charge is 0.128 e. The summed E-state index contributed by atoms with van der Waals surface area (Å²) < 4.78 is 12.0. The fourth-order valence-electron chi connectivity index (χ4n) is 3.17. The Morgan fingerprint density at radius 3 is 2.77 bits per heavy atom. The summed E-state index contributed by atoms with van der Waals surface area (Å²) in [5.74, 6) is 1.93. The zero-order valence-corrected chi connectivity index (χ0v) is 14.6. The highest BCUT2D eigenvalue weighted by molar-refractivity contribution is 5.48. The molecule has 0 aromatic heterocycles. The third-order valence-corrected chi connectivity index (χ3v) is 4.18. The minimum Gasteiger partial charge on any atom is -0.493 e. The molecule has 3 nitrogen and oxygen atoms in total. The van der Waals surface area contributed by atoms with Crippen LogP contribution in [-0.4, -0.2) is 18.8 Å². The van der Waals surface area contributed by atoms with Crippen molar-refractivity contribution in [1.29, 1.82) is 0 Å². The van der Waals surface area contributed by atoms with Crippen LogP contribution in [0.5, 0.6) is 11.5 Å². The number of hydrogen-bond donors (Lipinski definition) is 1. The van der Waals surface area contributed by atoms with Gasteiger partial charge in [0.15, 0.2) is 0 Å². The third kappa shape index (κ3) is 4.39. The van der Waals surface area contributed by atoms with Crippen LogP contribution in [0.2, 0.25) is 0 Å². The van der Waals surface area contributed by atoms with E-state index in [2.05, 4.69) is 38.2 Å². The minimum atomic E-state index is -0.140. The number of fused-ring (bicyclic) bond motifs is 1. The van der Waals surface area contributed by atoms with Crippen molar-refractivity contribution in [1.82, 2.24) is 5.32 Å². The van der Waals surface area contributed by atoms with E-state index in [-0.39, 0.29) is 5.60 Å². The summed E-state index contributed by atoms with van der Waals surface area (Å²) in [5, 5.41) is 3.73. The molecule has 3 heteroatoms. The van der Waals surface area contributed by atoms with Crippen molar-refractivity contribution in [3.05, 3.63) is 23.8 Å². The topological polar surface area (TPSA) is 30.5 Å². The van der Waals surface area contributed by atoms with Crippen molar-refractivity contribution in [3.63, 3.8) is 0 Å². The van der Waals surface area contributed by atoms with Gasteiger partial charge in [-0.2, -0.15) is 0 Å². The van der Waals surface area contributed by atoms with Gasteiger partial charge in [-0.1, -0.05) is 32.3 Å². The molecule has 0 bridgehead atoms. The molecule has 0 spiro atoms. The summed E-state index contributed by atoms with van der Waals surface area (Å²) in [5.41, 5.74) is 1.05. The second kappa shape index (κ2) is 7.87. The number of unbranched alkanes of at least 4 members (excludes halogenated alkanes) is 3. The van der Waals surface area contributed by atoms with Gasteiger partial charge in [0.1, 0.15) is 17.1 Å². The monoisotopic (exact) mass is 305 g/mol. The maximum Gasteiger partial charge on any atom is 0.128 e. The summed E-state index contributed by atoms with van der Waals surface area (Å²) >= 11 is 0. The molecular weight excluding hydrogens is 274 g/mol. The summed E-state index contributed by atoms with van der Waals surface area (Å²) in [6.45, 7) is 10.3. The lowest BCUT2D eigenvalue weighted by Crippen LogP contribution is -2.40. The van der Waals surface area contributed by atoms with Crippen molar-refractivity contribution < 1.29 is 9.47 Å². The number of hydrogen-bond acceptors (Lipinski definition) is 3. The standard InChI is InChI=1S/C19H31NO2/c1-5-7-8-9-13-20-15-14-19(3,4)22-17-12-10-11-16(18(15)17)21-6-2/h10-12,15,20H,5-9,13-14H2,1-4H3. The van der Waals surface area contributed by atoms with Crippen LogP contribution < -0.4 is 14.8 Å². The summed E-state index contributed by atoms with van der Waals surface area (Å²) in [6.07, 6.45) is 6.11. The van der Waals surface area contributed by atoms with Crippen LogP contribution in [0.1, 0.15) is 71.4 Å². The first-order valence-electron chi connectivity index (χ1n) is 8.75. The van der Waals surface area contributed by atoms with E-state index in [0.717, 1.165) is 24.5 Å². The van der Waals surface area contributed by atoms with Crippen molar-refractivity contribution in [3.8, 4) is 11.5 Å². The zero-order valence-electron chi connectivity index (χ0n) is 14.6. The number of nitrogens with one attached hydrogen (secondary N) is 1. The molecule has 0 amide bonds. The maximum absolute atomic E-state index is 6.16. The summed E-state index contributed by atoms with van der Waals surface area (Å²) in [6, 6.07) is 6.44. The molecule has 1 heterocycles. The Hall–Kier alpha value is -1.22. The van der Waals surface area contributed by atoms with E-state index < -0.39 is 0 Å². The van der Waals surface area contributed by atoms with E-state index in [1.807, 2.05) is 13.0 Å². The molecule has 124 valence electrons. The Morgan fingerprint density at radius 1 is 1.23 bits per heavy atom. The van der Waals surface area contributed by atoms with Gasteiger partial charge in [-0.15, -0.1) is 0 Å². The van der Waals surface area contributed by atoms with Crippen molar-refractivity contribution >= 4 is 0 Å². The Bertz CT molecular complexity index is 471. The molecule has 0 saturated carbocycles. The Kier molecular flexibility index (Phi) is 6.13. The van der Waals surface area contributed by atoms with Crippen LogP contribution in [0.25, 0.3) is 0 Å². The first-order chi connectivity index (χ1) is 10.6. The van der Waals surface area contributed by atoms with Gasteiger partial charge in [-0.25, -0.2) is 0 Å². The van der Waals surface area contributed by atoms with Gasteiger partial charge in [0.25, 0.3) is 0 Å². The molecule has 1 aliphatic rings. The van der Waals surface area contributed by atoms with E-state index in [1.165, 1.54) is 31.2 Å². The first-order valence-corrected chi connectivity index (χ1v) is 8.75. The maximum atomic E-state index is 6.16. The van der Waals surface area contributed by atoms with Gasteiger partial charge >= 0.3 is 0 Å². The number of rotatable bonds is 8. The van der Waals surface area contributed by atoms with Gasteiger partial charge in [-0.05, 0) is 45.9 Å². The van der Waals surface area contributed by atoms with Crippen molar-refractivity contribution in [2.45, 2.75) is 71.4 Å². The van der Waals surface area contributed by atoms with Crippen LogP contribution >= 0.6 is 0 Å². The molecule has 1 atom stereocenters. The molecule has 1 N–H and O–H groups in total. The van der Waals surface area contributed by atoms with E-state index in [9.17, 15) is 0 Å².